The largest absolute Gasteiger partial charge is 0.338 e. The third kappa shape index (κ3) is 2.93. The summed E-state index contributed by atoms with van der Waals surface area (Å²) < 4.78 is 0. The molecule has 2 nitrogen and oxygen atoms in total. The molecule has 1 heterocycles. The number of hydrogen-bond donors (Lipinski definition) is 0. The Balaban J connectivity index is 1.73. The summed E-state index contributed by atoms with van der Waals surface area (Å²) in [6.07, 6.45) is 5.41. The fourth-order valence-electron chi connectivity index (χ4n) is 2.18. The Hall–Kier alpha value is -2.26. The monoisotopic (exact) mass is 293 g/mol. The highest BCUT2D eigenvalue weighted by molar-refractivity contribution is 8.03. The molecule has 0 radical (unpaired) electrons. The number of allylic oxidation sites excluding steroid dienone is 3. The van der Waals surface area contributed by atoms with Crippen LogP contribution in [0.5, 0.6) is 0 Å². The summed E-state index contributed by atoms with van der Waals surface area (Å²) in [5.41, 5.74) is 1.92. The van der Waals surface area contributed by atoms with Gasteiger partial charge in [-0.2, -0.15) is 0 Å². The molecule has 0 saturated heterocycles. The van der Waals surface area contributed by atoms with Gasteiger partial charge in [0.15, 0.2) is 5.78 Å². The summed E-state index contributed by atoms with van der Waals surface area (Å²) in [6, 6.07) is 17.6. The fourth-order valence-corrected chi connectivity index (χ4v) is 3.25. The van der Waals surface area contributed by atoms with E-state index in [4.69, 9.17) is 0 Å². The molecule has 2 aromatic rings. The Morgan fingerprint density at radius 1 is 1.05 bits per heavy atom. The van der Waals surface area contributed by atoms with Crippen molar-refractivity contribution < 1.29 is 4.79 Å². The van der Waals surface area contributed by atoms with Crippen LogP contribution in [-0.4, -0.2) is 12.8 Å². The zero-order valence-electron chi connectivity index (χ0n) is 11.7. The van der Waals surface area contributed by atoms with Crippen molar-refractivity contribution in [3.63, 3.8) is 0 Å². The molecule has 3 heteroatoms. The van der Waals surface area contributed by atoms with Crippen molar-refractivity contribution in [2.75, 3.05) is 11.9 Å². The quantitative estimate of drug-likeness (QED) is 0.613. The maximum atomic E-state index is 12.0. The van der Waals surface area contributed by atoms with E-state index in [0.29, 0.717) is 5.56 Å². The van der Waals surface area contributed by atoms with E-state index in [1.807, 2.05) is 61.7 Å². The van der Waals surface area contributed by atoms with Crippen LogP contribution in [-0.2, 0) is 0 Å². The van der Waals surface area contributed by atoms with Gasteiger partial charge in [0.05, 0.1) is 10.7 Å². The first-order valence-electron chi connectivity index (χ1n) is 6.74. The number of para-hydroxylation sites is 1. The molecule has 0 fully saturated rings. The van der Waals surface area contributed by atoms with Crippen LogP contribution in [0.25, 0.3) is 0 Å². The molecule has 0 saturated carbocycles. The number of rotatable bonds is 3. The van der Waals surface area contributed by atoms with Crippen molar-refractivity contribution in [1.29, 1.82) is 0 Å². The number of fused-ring (bicyclic) bond motifs is 1. The van der Waals surface area contributed by atoms with Gasteiger partial charge in [-0.25, -0.2) is 0 Å². The topological polar surface area (TPSA) is 20.3 Å². The molecule has 3 rings (SSSR count). The molecule has 1 aliphatic rings. The first-order valence-corrected chi connectivity index (χ1v) is 7.56. The Bertz CT molecular complexity index is 719. The third-order valence-corrected chi connectivity index (χ3v) is 4.50. The minimum atomic E-state index is 0.0237. The maximum Gasteiger partial charge on any atom is 0.185 e. The van der Waals surface area contributed by atoms with Crippen molar-refractivity contribution in [1.82, 2.24) is 0 Å². The minimum absolute atomic E-state index is 0.0237. The lowest BCUT2D eigenvalue weighted by atomic mass is 10.1. The van der Waals surface area contributed by atoms with Crippen molar-refractivity contribution in [2.24, 2.45) is 0 Å². The standard InChI is InChI=1S/C18H15NOS/c1-19-15-10-5-6-12-17(15)21-18(19)13-7-11-16(20)14-8-3-2-4-9-14/h2-13H,1H3/b11-7+,18-13+. The summed E-state index contributed by atoms with van der Waals surface area (Å²) in [4.78, 5) is 15.4. The number of carbonyl (C=O) groups is 1. The van der Waals surface area contributed by atoms with Crippen LogP contribution >= 0.6 is 11.8 Å². The lowest BCUT2D eigenvalue weighted by Gasteiger charge is -2.12. The Morgan fingerprint density at radius 3 is 2.52 bits per heavy atom. The molecular weight excluding hydrogens is 278 g/mol. The molecule has 0 atom stereocenters. The van der Waals surface area contributed by atoms with Crippen LogP contribution in [0.1, 0.15) is 10.4 Å². The molecular formula is C18H15NOS. The van der Waals surface area contributed by atoms with Crippen LogP contribution in [0.3, 0.4) is 0 Å². The summed E-state index contributed by atoms with van der Waals surface area (Å²) in [6.45, 7) is 0. The first-order chi connectivity index (χ1) is 10.3. The van der Waals surface area contributed by atoms with E-state index in [0.717, 1.165) is 5.03 Å². The second-order valence-corrected chi connectivity index (χ2v) is 5.79. The molecule has 0 amide bonds. The summed E-state index contributed by atoms with van der Waals surface area (Å²) >= 11 is 1.72. The van der Waals surface area contributed by atoms with Crippen LogP contribution in [0.2, 0.25) is 0 Å². The molecule has 0 aliphatic carbocycles. The summed E-state index contributed by atoms with van der Waals surface area (Å²) in [7, 11) is 2.04. The fraction of sp³-hybridized carbons (Fsp3) is 0.0556. The van der Waals surface area contributed by atoms with Gasteiger partial charge in [-0.05, 0) is 24.3 Å². The number of nitrogens with zero attached hydrogens (tertiary/aromatic N) is 1. The number of ketones is 1. The Labute approximate surface area is 128 Å². The summed E-state index contributed by atoms with van der Waals surface area (Å²) in [5, 5.41) is 1.12. The van der Waals surface area contributed by atoms with Crippen molar-refractivity contribution in [3.05, 3.63) is 83.4 Å². The van der Waals surface area contributed by atoms with E-state index in [1.54, 1.807) is 17.8 Å². The predicted molar refractivity (Wildman–Crippen MR) is 88.7 cm³/mol. The molecule has 2 aromatic carbocycles. The number of hydrogen-bond acceptors (Lipinski definition) is 3. The zero-order chi connectivity index (χ0) is 14.7. The number of thioether (sulfide) groups is 1. The average Bonchev–Trinajstić information content (AvgIpc) is 2.85. The maximum absolute atomic E-state index is 12.0. The van der Waals surface area contributed by atoms with Gasteiger partial charge in [0.1, 0.15) is 0 Å². The van der Waals surface area contributed by atoms with E-state index < -0.39 is 0 Å². The van der Waals surface area contributed by atoms with Gasteiger partial charge in [-0.1, -0.05) is 60.3 Å². The molecule has 0 bridgehead atoms. The number of anilines is 1. The number of benzene rings is 2. The van der Waals surface area contributed by atoms with E-state index in [-0.39, 0.29) is 5.78 Å². The van der Waals surface area contributed by atoms with E-state index >= 15 is 0 Å². The highest BCUT2D eigenvalue weighted by atomic mass is 32.2. The van der Waals surface area contributed by atoms with Gasteiger partial charge in [0.25, 0.3) is 0 Å². The predicted octanol–water partition coefficient (Wildman–Crippen LogP) is 4.51. The lowest BCUT2D eigenvalue weighted by molar-refractivity contribution is 0.104. The molecule has 0 N–H and O–H groups in total. The highest BCUT2D eigenvalue weighted by Crippen LogP contribution is 2.44. The molecule has 0 unspecified atom stereocenters. The lowest BCUT2D eigenvalue weighted by Crippen LogP contribution is -2.08. The smallest absolute Gasteiger partial charge is 0.185 e. The van der Waals surface area contributed by atoms with Crippen LogP contribution in [0, 0.1) is 0 Å². The van der Waals surface area contributed by atoms with Crippen LogP contribution in [0.15, 0.2) is 82.7 Å². The zero-order valence-corrected chi connectivity index (χ0v) is 12.5. The SMILES string of the molecule is CN1/C(=C\C=C\C(=O)c2ccccc2)Sc2ccccc21. The molecule has 104 valence electrons. The second-order valence-electron chi connectivity index (χ2n) is 4.72. The Morgan fingerprint density at radius 2 is 1.76 bits per heavy atom. The highest BCUT2D eigenvalue weighted by Gasteiger charge is 2.20. The van der Waals surface area contributed by atoms with Crippen LogP contribution < -0.4 is 4.90 Å². The van der Waals surface area contributed by atoms with Crippen molar-refractivity contribution >= 4 is 23.2 Å². The molecule has 1 aliphatic heterocycles. The van der Waals surface area contributed by atoms with Gasteiger partial charge in [-0.3, -0.25) is 4.79 Å². The molecule has 0 spiro atoms. The van der Waals surface area contributed by atoms with Gasteiger partial charge < -0.3 is 4.90 Å². The number of carbonyl (C=O) groups excluding carboxylic acids is 1. The van der Waals surface area contributed by atoms with Crippen molar-refractivity contribution in [3.8, 4) is 0 Å². The van der Waals surface area contributed by atoms with Crippen molar-refractivity contribution in [2.45, 2.75) is 4.90 Å². The van der Waals surface area contributed by atoms with E-state index in [1.165, 1.54) is 10.6 Å². The van der Waals surface area contributed by atoms with Gasteiger partial charge in [-0.15, -0.1) is 0 Å². The van der Waals surface area contributed by atoms with Gasteiger partial charge in [0.2, 0.25) is 0 Å². The molecule has 21 heavy (non-hydrogen) atoms. The van der Waals surface area contributed by atoms with Gasteiger partial charge >= 0.3 is 0 Å². The Kier molecular flexibility index (Phi) is 3.93. The van der Waals surface area contributed by atoms with E-state index in [9.17, 15) is 4.79 Å². The normalized spacial score (nSPS) is 15.7. The average molecular weight is 293 g/mol. The summed E-state index contributed by atoms with van der Waals surface area (Å²) in [5.74, 6) is 0.0237. The van der Waals surface area contributed by atoms with E-state index in [2.05, 4.69) is 17.0 Å². The second kappa shape index (κ2) is 6.02. The van der Waals surface area contributed by atoms with Gasteiger partial charge in [0, 0.05) is 17.5 Å². The minimum Gasteiger partial charge on any atom is -0.338 e. The molecule has 0 aromatic heterocycles. The third-order valence-electron chi connectivity index (χ3n) is 3.32. The van der Waals surface area contributed by atoms with Crippen LogP contribution in [0.4, 0.5) is 5.69 Å². The first kappa shape index (κ1) is 13.7.